The lowest BCUT2D eigenvalue weighted by molar-refractivity contribution is 0.378. The first kappa shape index (κ1) is 27.4. The summed E-state index contributed by atoms with van der Waals surface area (Å²) in [5.41, 5.74) is 6.82. The van der Waals surface area contributed by atoms with Crippen molar-refractivity contribution in [2.75, 3.05) is 0 Å². The molecular formula is C30H38N4OS2. The Morgan fingerprint density at radius 1 is 0.676 bits per heavy atom. The number of nitrogens with zero attached hydrogens (tertiary/aromatic N) is 4. The van der Waals surface area contributed by atoms with Crippen LogP contribution in [-0.4, -0.2) is 19.9 Å². The predicted octanol–water partition coefficient (Wildman–Crippen LogP) is 9.09. The average Bonchev–Trinajstić information content (AvgIpc) is 3.39. The molecule has 0 aliphatic heterocycles. The van der Waals surface area contributed by atoms with Crippen LogP contribution in [0.1, 0.15) is 76.9 Å². The molecule has 4 rings (SSSR count). The van der Waals surface area contributed by atoms with E-state index >= 15 is 0 Å². The predicted molar refractivity (Wildman–Crippen MR) is 156 cm³/mol. The number of thiophene rings is 2. The third-order valence-corrected chi connectivity index (χ3v) is 7.99. The minimum Gasteiger partial charge on any atom is -0.434 e. The van der Waals surface area contributed by atoms with Gasteiger partial charge in [-0.3, -0.25) is 0 Å². The largest absolute Gasteiger partial charge is 0.434 e. The molecule has 7 heteroatoms. The zero-order valence-corrected chi connectivity index (χ0v) is 24.9. The number of ether oxygens (including phenoxy) is 1. The van der Waals surface area contributed by atoms with E-state index in [0.717, 1.165) is 70.0 Å². The number of hydrogen-bond donors (Lipinski definition) is 0. The van der Waals surface area contributed by atoms with Gasteiger partial charge in [0.05, 0.1) is 11.1 Å². The molecule has 4 heterocycles. The molecule has 0 saturated heterocycles. The minimum atomic E-state index is 0.235. The van der Waals surface area contributed by atoms with Gasteiger partial charge in [0.1, 0.15) is 0 Å². The van der Waals surface area contributed by atoms with Crippen LogP contribution in [-0.2, 0) is 12.8 Å². The smallest absolute Gasteiger partial charge is 0.193 e. The second-order valence-electron chi connectivity index (χ2n) is 12.1. The van der Waals surface area contributed by atoms with Crippen molar-refractivity contribution in [1.29, 1.82) is 0 Å². The second kappa shape index (κ2) is 11.0. The Morgan fingerprint density at radius 3 is 1.43 bits per heavy atom. The summed E-state index contributed by atoms with van der Waals surface area (Å²) in [6.07, 6.45) is 7.69. The SMILES string of the molecule is Cc1ccnc(-c2c(CCC(C)(C)C)csc2Oc2scc(CCC(C)(C)C)c2-c2nccc(C)n2)n1. The van der Waals surface area contributed by atoms with E-state index in [2.05, 4.69) is 62.3 Å². The highest BCUT2D eigenvalue weighted by Gasteiger charge is 2.25. The van der Waals surface area contributed by atoms with Crippen molar-refractivity contribution in [2.24, 2.45) is 10.8 Å². The van der Waals surface area contributed by atoms with E-state index in [4.69, 9.17) is 14.7 Å². The lowest BCUT2D eigenvalue weighted by Crippen LogP contribution is -2.07. The summed E-state index contributed by atoms with van der Waals surface area (Å²) in [4.78, 5) is 18.8. The van der Waals surface area contributed by atoms with Gasteiger partial charge in [0.25, 0.3) is 0 Å². The topological polar surface area (TPSA) is 60.8 Å². The molecule has 37 heavy (non-hydrogen) atoms. The summed E-state index contributed by atoms with van der Waals surface area (Å²) >= 11 is 3.24. The van der Waals surface area contributed by atoms with Gasteiger partial charge < -0.3 is 4.74 Å². The monoisotopic (exact) mass is 534 g/mol. The number of aromatic nitrogens is 4. The number of rotatable bonds is 8. The fraction of sp³-hybridized carbons (Fsp3) is 0.467. The van der Waals surface area contributed by atoms with Gasteiger partial charge in [-0.15, -0.1) is 22.7 Å². The van der Waals surface area contributed by atoms with Crippen LogP contribution in [0.15, 0.2) is 35.3 Å². The molecular weight excluding hydrogens is 496 g/mol. The van der Waals surface area contributed by atoms with Crippen LogP contribution in [0.3, 0.4) is 0 Å². The molecule has 0 aliphatic carbocycles. The second-order valence-corrected chi connectivity index (χ2v) is 13.8. The molecule has 196 valence electrons. The van der Waals surface area contributed by atoms with Crippen LogP contribution < -0.4 is 4.74 Å². The highest BCUT2D eigenvalue weighted by Crippen LogP contribution is 2.47. The molecule has 0 unspecified atom stereocenters. The van der Waals surface area contributed by atoms with E-state index in [-0.39, 0.29) is 10.8 Å². The van der Waals surface area contributed by atoms with Gasteiger partial charge in [0.15, 0.2) is 21.8 Å². The van der Waals surface area contributed by atoms with Gasteiger partial charge in [-0.25, -0.2) is 19.9 Å². The summed E-state index contributed by atoms with van der Waals surface area (Å²) in [6, 6.07) is 3.86. The molecule has 0 spiro atoms. The molecule has 0 saturated carbocycles. The van der Waals surface area contributed by atoms with E-state index in [1.807, 2.05) is 38.4 Å². The van der Waals surface area contributed by atoms with Crippen LogP contribution in [0.5, 0.6) is 10.1 Å². The van der Waals surface area contributed by atoms with Gasteiger partial charge in [-0.05, 0) is 84.4 Å². The summed E-state index contributed by atoms with van der Waals surface area (Å²) in [6.45, 7) is 17.7. The van der Waals surface area contributed by atoms with Gasteiger partial charge in [0.2, 0.25) is 0 Å². The molecule has 0 bridgehead atoms. The normalized spacial score (nSPS) is 12.2. The maximum atomic E-state index is 6.73. The Hall–Kier alpha value is -2.64. The molecule has 4 aromatic rings. The van der Waals surface area contributed by atoms with Crippen LogP contribution in [0.25, 0.3) is 22.8 Å². The molecule has 5 nitrogen and oxygen atoms in total. The molecule has 0 aliphatic rings. The summed E-state index contributed by atoms with van der Waals surface area (Å²) in [7, 11) is 0. The van der Waals surface area contributed by atoms with Crippen LogP contribution in [0.4, 0.5) is 0 Å². The summed E-state index contributed by atoms with van der Waals surface area (Å²) < 4.78 is 6.73. The number of aryl methyl sites for hydroxylation is 4. The van der Waals surface area contributed by atoms with E-state index < -0.39 is 0 Å². The molecule has 0 radical (unpaired) electrons. The zero-order valence-electron chi connectivity index (χ0n) is 23.3. The van der Waals surface area contributed by atoms with Gasteiger partial charge >= 0.3 is 0 Å². The fourth-order valence-corrected chi connectivity index (χ4v) is 5.94. The third kappa shape index (κ3) is 7.23. The Balaban J connectivity index is 1.77. The number of hydrogen-bond acceptors (Lipinski definition) is 7. The summed E-state index contributed by atoms with van der Waals surface area (Å²) in [5.74, 6) is 1.44. The van der Waals surface area contributed by atoms with Crippen molar-refractivity contribution in [2.45, 2.75) is 81.1 Å². The Kier molecular flexibility index (Phi) is 8.14. The lowest BCUT2D eigenvalue weighted by Gasteiger charge is -2.18. The van der Waals surface area contributed by atoms with E-state index in [1.165, 1.54) is 11.1 Å². The Labute approximate surface area is 229 Å². The lowest BCUT2D eigenvalue weighted by atomic mass is 9.88. The zero-order chi connectivity index (χ0) is 26.8. The highest BCUT2D eigenvalue weighted by atomic mass is 32.1. The van der Waals surface area contributed by atoms with Crippen molar-refractivity contribution < 1.29 is 4.74 Å². The Morgan fingerprint density at radius 2 is 1.08 bits per heavy atom. The van der Waals surface area contributed by atoms with Crippen LogP contribution >= 0.6 is 22.7 Å². The molecule has 0 fully saturated rings. The first-order valence-electron chi connectivity index (χ1n) is 12.9. The molecule has 0 N–H and O–H groups in total. The van der Waals surface area contributed by atoms with Crippen LogP contribution in [0, 0.1) is 24.7 Å². The van der Waals surface area contributed by atoms with Gasteiger partial charge in [-0.2, -0.15) is 0 Å². The van der Waals surface area contributed by atoms with Gasteiger partial charge in [-0.1, -0.05) is 41.5 Å². The van der Waals surface area contributed by atoms with E-state index in [1.54, 1.807) is 22.7 Å². The van der Waals surface area contributed by atoms with Crippen molar-refractivity contribution in [1.82, 2.24) is 19.9 Å². The quantitative estimate of drug-likeness (QED) is 0.226. The maximum Gasteiger partial charge on any atom is 0.193 e. The van der Waals surface area contributed by atoms with Gasteiger partial charge in [0, 0.05) is 23.8 Å². The van der Waals surface area contributed by atoms with Crippen molar-refractivity contribution in [3.8, 4) is 32.9 Å². The van der Waals surface area contributed by atoms with E-state index in [0.29, 0.717) is 0 Å². The highest BCUT2D eigenvalue weighted by molar-refractivity contribution is 7.14. The van der Waals surface area contributed by atoms with Crippen molar-refractivity contribution in [3.63, 3.8) is 0 Å². The molecule has 0 aromatic carbocycles. The van der Waals surface area contributed by atoms with Crippen LogP contribution in [0.2, 0.25) is 0 Å². The fourth-order valence-electron chi connectivity index (χ4n) is 3.98. The first-order chi connectivity index (χ1) is 17.4. The molecule has 4 aromatic heterocycles. The minimum absolute atomic E-state index is 0.235. The standard InChI is InChI=1S/C30H38N4OS2/c1-19-11-15-31-25(33-19)23-21(9-13-29(3,4)5)17-36-27(23)35-28-24(26-32-16-12-20(2)34-26)22(18-37-28)10-14-30(6,7)8/h11-12,15-18H,9-10,13-14H2,1-8H3. The first-order valence-corrected chi connectivity index (χ1v) is 14.6. The van der Waals surface area contributed by atoms with Crippen molar-refractivity contribution >= 4 is 22.7 Å². The average molecular weight is 535 g/mol. The Bertz CT molecular complexity index is 1250. The molecule has 0 amide bonds. The molecule has 0 atom stereocenters. The maximum absolute atomic E-state index is 6.73. The van der Waals surface area contributed by atoms with E-state index in [9.17, 15) is 0 Å². The van der Waals surface area contributed by atoms with Crippen molar-refractivity contribution in [3.05, 3.63) is 57.8 Å². The third-order valence-electron chi connectivity index (χ3n) is 6.18. The summed E-state index contributed by atoms with van der Waals surface area (Å²) in [5, 5.41) is 6.07.